The van der Waals surface area contributed by atoms with Gasteiger partial charge in [-0.25, -0.2) is 4.98 Å². The third kappa shape index (κ3) is 2.76. The number of fused-ring (bicyclic) bond motifs is 1. The normalized spacial score (nSPS) is 14.5. The van der Waals surface area contributed by atoms with Crippen LogP contribution in [0, 0.1) is 18.8 Å². The fourth-order valence-electron chi connectivity index (χ4n) is 2.94. The van der Waals surface area contributed by atoms with Crippen LogP contribution >= 0.6 is 11.3 Å². The first-order valence-electron chi connectivity index (χ1n) is 7.73. The molecular weight excluding hydrogens is 302 g/mol. The summed E-state index contributed by atoms with van der Waals surface area (Å²) < 4.78 is 0. The van der Waals surface area contributed by atoms with Gasteiger partial charge in [-0.3, -0.25) is 0 Å². The molecule has 0 atom stereocenters. The molecular formula is C19H17N3S. The Labute approximate surface area is 139 Å². The van der Waals surface area contributed by atoms with Crippen LogP contribution < -0.4 is 4.90 Å². The van der Waals surface area contributed by atoms with E-state index >= 15 is 0 Å². The van der Waals surface area contributed by atoms with Crippen LogP contribution in [0.5, 0.6) is 0 Å². The van der Waals surface area contributed by atoms with E-state index in [1.807, 2.05) is 18.5 Å². The Bertz CT molecular complexity index is 923. The van der Waals surface area contributed by atoms with Gasteiger partial charge in [0.15, 0.2) is 0 Å². The summed E-state index contributed by atoms with van der Waals surface area (Å²) in [5.41, 5.74) is 4.71. The van der Waals surface area contributed by atoms with Gasteiger partial charge in [0, 0.05) is 30.2 Å². The molecule has 0 fully saturated rings. The molecule has 3 aromatic rings. The Morgan fingerprint density at radius 3 is 3.04 bits per heavy atom. The summed E-state index contributed by atoms with van der Waals surface area (Å²) in [5, 5.41) is 3.27. The summed E-state index contributed by atoms with van der Waals surface area (Å²) >= 11 is 1.69. The molecule has 0 radical (unpaired) electrons. The zero-order valence-corrected chi connectivity index (χ0v) is 13.8. The summed E-state index contributed by atoms with van der Waals surface area (Å²) in [6.45, 7) is 4.05. The minimum atomic E-state index is 0.896. The Hall–Kier alpha value is -2.51. The highest BCUT2D eigenvalue weighted by atomic mass is 32.1. The molecule has 4 rings (SSSR count). The van der Waals surface area contributed by atoms with E-state index in [9.17, 15) is 0 Å². The van der Waals surface area contributed by atoms with Gasteiger partial charge in [0.2, 0.25) is 0 Å². The topological polar surface area (TPSA) is 31.9 Å². The van der Waals surface area contributed by atoms with Crippen LogP contribution in [0.4, 0.5) is 5.69 Å². The highest BCUT2D eigenvalue weighted by Gasteiger charge is 2.15. The maximum Gasteiger partial charge on any atom is 0.137 e. The zero-order chi connectivity index (χ0) is 15.6. The van der Waals surface area contributed by atoms with Gasteiger partial charge < -0.3 is 9.88 Å². The number of pyridine rings is 1. The van der Waals surface area contributed by atoms with Gasteiger partial charge in [-0.15, -0.1) is 11.3 Å². The van der Waals surface area contributed by atoms with Crippen LogP contribution in [0.1, 0.15) is 16.9 Å². The molecule has 4 heterocycles. The highest BCUT2D eigenvalue weighted by Crippen LogP contribution is 2.27. The van der Waals surface area contributed by atoms with Crippen LogP contribution in [0.25, 0.3) is 11.0 Å². The van der Waals surface area contributed by atoms with Crippen LogP contribution in [-0.2, 0) is 0 Å². The molecule has 114 valence electrons. The summed E-state index contributed by atoms with van der Waals surface area (Å²) in [6.07, 6.45) is 7.15. The number of hydrogen-bond acceptors (Lipinski definition) is 3. The number of hydrogen-bond donors (Lipinski definition) is 1. The van der Waals surface area contributed by atoms with Gasteiger partial charge in [0.1, 0.15) is 5.65 Å². The molecule has 1 aliphatic heterocycles. The van der Waals surface area contributed by atoms with Gasteiger partial charge in [-0.05, 0) is 36.4 Å². The maximum atomic E-state index is 4.52. The Morgan fingerprint density at radius 2 is 2.26 bits per heavy atom. The summed E-state index contributed by atoms with van der Waals surface area (Å²) in [7, 11) is 0. The van der Waals surface area contributed by atoms with Crippen molar-refractivity contribution in [3.05, 3.63) is 58.1 Å². The van der Waals surface area contributed by atoms with E-state index in [-0.39, 0.29) is 0 Å². The third-order valence-electron chi connectivity index (χ3n) is 4.25. The van der Waals surface area contributed by atoms with Crippen molar-refractivity contribution in [1.29, 1.82) is 0 Å². The maximum absolute atomic E-state index is 4.52. The first-order chi connectivity index (χ1) is 11.3. The van der Waals surface area contributed by atoms with Gasteiger partial charge in [-0.1, -0.05) is 24.0 Å². The number of aromatic nitrogens is 2. The molecule has 0 saturated heterocycles. The number of aromatic amines is 1. The summed E-state index contributed by atoms with van der Waals surface area (Å²) in [4.78, 5) is 11.2. The molecule has 0 unspecified atom stereocenters. The Kier molecular flexibility index (Phi) is 3.64. The second-order valence-corrected chi connectivity index (χ2v) is 6.61. The van der Waals surface area contributed by atoms with E-state index in [1.54, 1.807) is 11.3 Å². The molecule has 1 N–H and O–H groups in total. The molecule has 3 nitrogen and oxygen atoms in total. The van der Waals surface area contributed by atoms with Crippen LogP contribution in [0.2, 0.25) is 0 Å². The van der Waals surface area contributed by atoms with Crippen molar-refractivity contribution >= 4 is 28.1 Å². The first kappa shape index (κ1) is 14.1. The molecule has 0 aliphatic carbocycles. The molecule has 1 aliphatic rings. The van der Waals surface area contributed by atoms with Crippen LogP contribution in [-0.4, -0.2) is 23.1 Å². The highest BCUT2D eigenvalue weighted by molar-refractivity contribution is 7.10. The lowest BCUT2D eigenvalue weighted by molar-refractivity contribution is 0.800. The molecule has 0 aromatic carbocycles. The number of nitrogens with zero attached hydrogens (tertiary/aromatic N) is 2. The fourth-order valence-corrected chi connectivity index (χ4v) is 3.51. The van der Waals surface area contributed by atoms with E-state index in [0.29, 0.717) is 0 Å². The first-order valence-corrected chi connectivity index (χ1v) is 8.61. The molecule has 0 saturated carbocycles. The standard InChI is InChI=1S/C19H17N3S/c1-14-17-6-9-20-19(17)21-13-18(14)22-10-7-15(8-11-22)4-5-16-3-2-12-23-16/h2-3,6-7,9,12-13H,8,10-11H2,1H3,(H,20,21). The predicted octanol–water partition coefficient (Wildman–Crippen LogP) is 4.12. The fraction of sp³-hybridized carbons (Fsp3) is 0.211. The van der Waals surface area contributed by atoms with Crippen molar-refractivity contribution in [2.75, 3.05) is 18.0 Å². The van der Waals surface area contributed by atoms with E-state index in [2.05, 4.69) is 57.2 Å². The van der Waals surface area contributed by atoms with E-state index in [1.165, 1.54) is 22.2 Å². The second-order valence-electron chi connectivity index (χ2n) is 5.66. The number of H-pyrrole nitrogens is 1. The zero-order valence-electron chi connectivity index (χ0n) is 13.0. The SMILES string of the molecule is Cc1c(N2CC=C(C#Cc3cccs3)CC2)cnc2[nH]ccc12. The lowest BCUT2D eigenvalue weighted by atomic mass is 10.1. The Balaban J connectivity index is 1.55. The monoisotopic (exact) mass is 319 g/mol. The minimum absolute atomic E-state index is 0.896. The molecule has 0 spiro atoms. The predicted molar refractivity (Wildman–Crippen MR) is 96.9 cm³/mol. The molecule has 23 heavy (non-hydrogen) atoms. The van der Waals surface area contributed by atoms with E-state index < -0.39 is 0 Å². The molecule has 3 aromatic heterocycles. The van der Waals surface area contributed by atoms with Crippen molar-refractivity contribution in [3.8, 4) is 11.8 Å². The number of thiophene rings is 1. The Morgan fingerprint density at radius 1 is 1.30 bits per heavy atom. The van der Waals surface area contributed by atoms with Gasteiger partial charge in [0.05, 0.1) is 16.8 Å². The summed E-state index contributed by atoms with van der Waals surface area (Å²) in [6, 6.07) is 6.20. The van der Waals surface area contributed by atoms with Crippen molar-refractivity contribution in [1.82, 2.24) is 9.97 Å². The van der Waals surface area contributed by atoms with Crippen LogP contribution in [0.3, 0.4) is 0 Å². The molecule has 4 heteroatoms. The van der Waals surface area contributed by atoms with Crippen molar-refractivity contribution in [3.63, 3.8) is 0 Å². The van der Waals surface area contributed by atoms with Crippen LogP contribution in [0.15, 0.2) is 47.6 Å². The average molecular weight is 319 g/mol. The number of nitrogens with one attached hydrogen (secondary N) is 1. The number of aryl methyl sites for hydroxylation is 1. The van der Waals surface area contributed by atoms with Gasteiger partial charge >= 0.3 is 0 Å². The third-order valence-corrected chi connectivity index (χ3v) is 5.03. The van der Waals surface area contributed by atoms with Gasteiger partial charge in [-0.2, -0.15) is 0 Å². The van der Waals surface area contributed by atoms with E-state index in [0.717, 1.165) is 30.0 Å². The molecule has 0 bridgehead atoms. The lowest BCUT2D eigenvalue weighted by Gasteiger charge is -2.28. The lowest BCUT2D eigenvalue weighted by Crippen LogP contribution is -2.29. The van der Waals surface area contributed by atoms with E-state index in [4.69, 9.17) is 0 Å². The second kappa shape index (κ2) is 5.94. The van der Waals surface area contributed by atoms with Crippen molar-refractivity contribution in [2.24, 2.45) is 0 Å². The smallest absolute Gasteiger partial charge is 0.137 e. The molecule has 0 amide bonds. The van der Waals surface area contributed by atoms with Crippen molar-refractivity contribution < 1.29 is 0 Å². The summed E-state index contributed by atoms with van der Waals surface area (Å²) in [5.74, 6) is 6.56. The average Bonchev–Trinajstić information content (AvgIpc) is 3.26. The minimum Gasteiger partial charge on any atom is -0.366 e. The number of anilines is 1. The largest absolute Gasteiger partial charge is 0.366 e. The quantitative estimate of drug-likeness (QED) is 0.684. The van der Waals surface area contributed by atoms with Gasteiger partial charge in [0.25, 0.3) is 0 Å². The van der Waals surface area contributed by atoms with Crippen molar-refractivity contribution in [2.45, 2.75) is 13.3 Å². The number of rotatable bonds is 1.